The highest BCUT2D eigenvalue weighted by molar-refractivity contribution is 5.93. The largest absolute Gasteiger partial charge is 0.347 e. The summed E-state index contributed by atoms with van der Waals surface area (Å²) in [5.74, 6) is -0.130. The molecule has 0 aliphatic heterocycles. The van der Waals surface area contributed by atoms with E-state index in [0.29, 0.717) is 12.2 Å². The fourth-order valence-corrected chi connectivity index (χ4v) is 3.72. The molecule has 0 unspecified atom stereocenters. The van der Waals surface area contributed by atoms with Crippen LogP contribution >= 0.6 is 0 Å². The van der Waals surface area contributed by atoms with E-state index >= 15 is 0 Å². The predicted octanol–water partition coefficient (Wildman–Crippen LogP) is 6.58. The van der Waals surface area contributed by atoms with E-state index < -0.39 is 0 Å². The molecule has 4 heteroatoms. The Labute approximate surface area is 191 Å². The van der Waals surface area contributed by atoms with E-state index in [1.807, 2.05) is 16.7 Å². The first-order valence-electron chi connectivity index (χ1n) is 11.1. The zero-order valence-corrected chi connectivity index (χ0v) is 19.8. The van der Waals surface area contributed by atoms with Crippen LogP contribution in [-0.2, 0) is 0 Å². The highest BCUT2D eigenvalue weighted by atomic mass is 16.1. The average molecular weight is 428 g/mol. The van der Waals surface area contributed by atoms with Crippen LogP contribution in [0.4, 0.5) is 0 Å². The van der Waals surface area contributed by atoms with Crippen molar-refractivity contribution < 1.29 is 4.79 Å². The van der Waals surface area contributed by atoms with Gasteiger partial charge in [-0.2, -0.15) is 0 Å². The maximum atomic E-state index is 12.7. The van der Waals surface area contributed by atoms with Gasteiger partial charge < -0.3 is 5.32 Å². The Morgan fingerprint density at radius 1 is 0.969 bits per heavy atom. The molecule has 0 atom stereocenters. The molecule has 3 aromatic rings. The number of nitrogens with zero attached hydrogens (tertiary/aromatic N) is 2. The van der Waals surface area contributed by atoms with Crippen molar-refractivity contribution in [3.63, 3.8) is 0 Å². The van der Waals surface area contributed by atoms with Crippen molar-refractivity contribution in [2.75, 3.05) is 6.54 Å². The van der Waals surface area contributed by atoms with Gasteiger partial charge in [0.05, 0.1) is 12.5 Å². The summed E-state index contributed by atoms with van der Waals surface area (Å²) in [7, 11) is 0. The van der Waals surface area contributed by atoms with E-state index in [9.17, 15) is 4.79 Å². The quantitative estimate of drug-likeness (QED) is 0.413. The van der Waals surface area contributed by atoms with Crippen LogP contribution in [0, 0.1) is 13.8 Å². The Kier molecular flexibility index (Phi) is 7.82. The van der Waals surface area contributed by atoms with Gasteiger partial charge in [0.1, 0.15) is 5.69 Å². The number of carbonyl (C=O) groups is 1. The topological polar surface area (TPSA) is 46.9 Å². The highest BCUT2D eigenvalue weighted by Gasteiger charge is 2.12. The first-order valence-corrected chi connectivity index (χ1v) is 11.1. The molecular formula is C28H33N3O. The molecule has 0 saturated carbocycles. The molecule has 0 bridgehead atoms. The third-order valence-corrected chi connectivity index (χ3v) is 5.38. The summed E-state index contributed by atoms with van der Waals surface area (Å²) in [4.78, 5) is 16.9. The van der Waals surface area contributed by atoms with Crippen molar-refractivity contribution in [1.82, 2.24) is 14.9 Å². The number of allylic oxidation sites excluding steroid dienone is 3. The Balaban J connectivity index is 1.67. The summed E-state index contributed by atoms with van der Waals surface area (Å²) in [6.45, 7) is 11.1. The van der Waals surface area contributed by atoms with Gasteiger partial charge >= 0.3 is 0 Å². The maximum Gasteiger partial charge on any atom is 0.270 e. The second-order valence-corrected chi connectivity index (χ2v) is 8.65. The molecule has 0 fully saturated rings. The van der Waals surface area contributed by atoms with E-state index in [4.69, 9.17) is 0 Å². The van der Waals surface area contributed by atoms with Crippen molar-refractivity contribution in [3.8, 4) is 16.8 Å². The number of hydrogen-bond acceptors (Lipinski definition) is 2. The smallest absolute Gasteiger partial charge is 0.270 e. The lowest BCUT2D eigenvalue weighted by Gasteiger charge is -2.10. The Morgan fingerprint density at radius 3 is 2.31 bits per heavy atom. The average Bonchev–Trinajstić information content (AvgIpc) is 3.23. The fraction of sp³-hybridized carbons (Fsp3) is 0.286. The first-order chi connectivity index (χ1) is 15.3. The Bertz CT molecular complexity index is 1110. The zero-order chi connectivity index (χ0) is 23.1. The van der Waals surface area contributed by atoms with Gasteiger partial charge in [-0.15, -0.1) is 0 Å². The standard InChI is InChI=1S/C28H33N3O/c1-20(2)7-6-8-21(3)13-14-30-28(32)27-18-29-19-31(27)26-11-9-24(10-12-26)25-16-22(4)15-23(5)17-25/h7,9-13,15-19H,6,8,14H2,1-5H3,(H,30,32). The third-order valence-electron chi connectivity index (χ3n) is 5.38. The molecule has 1 N–H and O–H groups in total. The molecule has 4 nitrogen and oxygen atoms in total. The highest BCUT2D eigenvalue weighted by Crippen LogP contribution is 2.24. The second-order valence-electron chi connectivity index (χ2n) is 8.65. The number of carbonyl (C=O) groups excluding carboxylic acids is 1. The fourth-order valence-electron chi connectivity index (χ4n) is 3.72. The molecule has 1 heterocycles. The number of aryl methyl sites for hydroxylation is 2. The summed E-state index contributed by atoms with van der Waals surface area (Å²) in [6, 6.07) is 14.8. The molecular weight excluding hydrogens is 394 g/mol. The molecule has 32 heavy (non-hydrogen) atoms. The minimum atomic E-state index is -0.130. The van der Waals surface area contributed by atoms with E-state index in [0.717, 1.165) is 24.1 Å². The van der Waals surface area contributed by atoms with E-state index in [2.05, 4.69) is 87.4 Å². The van der Waals surface area contributed by atoms with Gasteiger partial charge in [0.15, 0.2) is 0 Å². The first kappa shape index (κ1) is 23.3. The molecule has 166 valence electrons. The molecule has 3 rings (SSSR count). The number of nitrogens with one attached hydrogen (secondary N) is 1. The molecule has 0 aliphatic rings. The monoisotopic (exact) mass is 427 g/mol. The number of aromatic nitrogens is 2. The lowest BCUT2D eigenvalue weighted by Crippen LogP contribution is -2.25. The van der Waals surface area contributed by atoms with Crippen LogP contribution < -0.4 is 5.32 Å². The van der Waals surface area contributed by atoms with Crippen LogP contribution in [0.2, 0.25) is 0 Å². The second kappa shape index (κ2) is 10.8. The summed E-state index contributed by atoms with van der Waals surface area (Å²) in [5, 5.41) is 2.98. The Morgan fingerprint density at radius 2 is 1.66 bits per heavy atom. The van der Waals surface area contributed by atoms with Gasteiger partial charge in [0, 0.05) is 12.2 Å². The number of imidazole rings is 1. The van der Waals surface area contributed by atoms with Crippen LogP contribution in [0.15, 0.2) is 78.3 Å². The van der Waals surface area contributed by atoms with Crippen LogP contribution in [0.1, 0.15) is 55.2 Å². The van der Waals surface area contributed by atoms with E-state index in [1.165, 1.54) is 27.8 Å². The van der Waals surface area contributed by atoms with Gasteiger partial charge in [-0.05, 0) is 70.7 Å². The maximum absolute atomic E-state index is 12.7. The third kappa shape index (κ3) is 6.30. The number of benzene rings is 2. The minimum Gasteiger partial charge on any atom is -0.347 e. The molecule has 0 saturated heterocycles. The summed E-state index contributed by atoms with van der Waals surface area (Å²) in [6.07, 6.45) is 9.64. The van der Waals surface area contributed by atoms with Gasteiger partial charge in [0.2, 0.25) is 0 Å². The molecule has 2 aromatic carbocycles. The van der Waals surface area contributed by atoms with Crippen LogP contribution in [-0.4, -0.2) is 22.0 Å². The number of hydrogen-bond donors (Lipinski definition) is 1. The SMILES string of the molecule is CC(C)=CCCC(C)=CCNC(=O)c1cncn1-c1ccc(-c2cc(C)cc(C)c2)cc1. The normalized spacial score (nSPS) is 11.3. The molecule has 0 radical (unpaired) electrons. The van der Waals surface area contributed by atoms with Crippen molar-refractivity contribution in [1.29, 1.82) is 0 Å². The molecule has 0 spiro atoms. The van der Waals surface area contributed by atoms with E-state index in [-0.39, 0.29) is 5.91 Å². The van der Waals surface area contributed by atoms with Gasteiger partial charge in [0.25, 0.3) is 5.91 Å². The van der Waals surface area contributed by atoms with Crippen molar-refractivity contribution in [2.45, 2.75) is 47.5 Å². The van der Waals surface area contributed by atoms with Crippen LogP contribution in [0.5, 0.6) is 0 Å². The van der Waals surface area contributed by atoms with Gasteiger partial charge in [-0.1, -0.05) is 64.8 Å². The van der Waals surface area contributed by atoms with Crippen molar-refractivity contribution in [2.24, 2.45) is 0 Å². The van der Waals surface area contributed by atoms with Crippen molar-refractivity contribution in [3.05, 3.63) is 95.1 Å². The Hall–Kier alpha value is -3.40. The molecule has 1 aromatic heterocycles. The lowest BCUT2D eigenvalue weighted by atomic mass is 10.0. The zero-order valence-electron chi connectivity index (χ0n) is 19.8. The predicted molar refractivity (Wildman–Crippen MR) is 133 cm³/mol. The lowest BCUT2D eigenvalue weighted by molar-refractivity contribution is 0.0951. The number of amides is 1. The molecule has 0 aliphatic carbocycles. The minimum absolute atomic E-state index is 0.130. The number of rotatable bonds is 8. The van der Waals surface area contributed by atoms with Crippen LogP contribution in [0.25, 0.3) is 16.8 Å². The van der Waals surface area contributed by atoms with E-state index in [1.54, 1.807) is 12.5 Å². The van der Waals surface area contributed by atoms with Crippen LogP contribution in [0.3, 0.4) is 0 Å². The summed E-state index contributed by atoms with van der Waals surface area (Å²) >= 11 is 0. The van der Waals surface area contributed by atoms with Crippen molar-refractivity contribution >= 4 is 5.91 Å². The molecule has 1 amide bonds. The summed E-state index contributed by atoms with van der Waals surface area (Å²) < 4.78 is 1.83. The summed E-state index contributed by atoms with van der Waals surface area (Å²) in [5.41, 5.74) is 8.90. The van der Waals surface area contributed by atoms with Gasteiger partial charge in [-0.25, -0.2) is 4.98 Å². The van der Waals surface area contributed by atoms with Gasteiger partial charge in [-0.3, -0.25) is 9.36 Å².